The number of hydrogen-bond acceptors (Lipinski definition) is 7. The third-order valence-corrected chi connectivity index (χ3v) is 7.04. The molecule has 0 aromatic heterocycles. The Morgan fingerprint density at radius 1 is 1.17 bits per heavy atom. The van der Waals surface area contributed by atoms with E-state index in [1.807, 2.05) is 17.9 Å². The summed E-state index contributed by atoms with van der Waals surface area (Å²) >= 11 is 13.5. The molecule has 0 radical (unpaired) electrons. The molecule has 0 spiro atoms. The largest absolute Gasteiger partial charge is 0.369 e. The fraction of sp³-hybridized carbons (Fsp3) is 0.462. The van der Waals surface area contributed by atoms with Gasteiger partial charge in [0.05, 0.1) is 5.69 Å². The molecule has 2 N–H and O–H groups in total. The Bertz CT molecular complexity index is 702. The van der Waals surface area contributed by atoms with Gasteiger partial charge in [-0.1, -0.05) is 0 Å². The van der Waals surface area contributed by atoms with Gasteiger partial charge >= 0.3 is 0 Å². The van der Waals surface area contributed by atoms with Crippen LogP contribution in [0.3, 0.4) is 0 Å². The minimum absolute atomic E-state index is 0.284. The van der Waals surface area contributed by atoms with Crippen LogP contribution in [0.1, 0.15) is 5.56 Å². The van der Waals surface area contributed by atoms with Crippen molar-refractivity contribution in [2.45, 2.75) is 21.6 Å². The number of amides is 1. The molecule has 0 unspecified atom stereocenters. The Kier molecular flexibility index (Phi) is 5.83. The van der Waals surface area contributed by atoms with E-state index in [0.29, 0.717) is 13.1 Å². The molecule has 0 bridgehead atoms. The van der Waals surface area contributed by atoms with E-state index in [1.54, 1.807) is 0 Å². The third kappa shape index (κ3) is 4.11. The molecule has 0 atom stereocenters. The zero-order chi connectivity index (χ0) is 17.4. The molecule has 0 saturated carbocycles. The van der Waals surface area contributed by atoms with Gasteiger partial charge in [-0.05, 0) is 18.6 Å². The first kappa shape index (κ1) is 18.8. The Labute approximate surface area is 152 Å². The molecule has 1 heterocycles. The number of thiol groups is 3. The van der Waals surface area contributed by atoms with Gasteiger partial charge in [-0.25, -0.2) is 8.42 Å². The van der Waals surface area contributed by atoms with Crippen LogP contribution in [0.5, 0.6) is 0 Å². The van der Waals surface area contributed by atoms with E-state index in [4.69, 9.17) is 5.73 Å². The van der Waals surface area contributed by atoms with Crippen molar-refractivity contribution < 1.29 is 13.2 Å². The van der Waals surface area contributed by atoms with Crippen molar-refractivity contribution in [1.29, 1.82) is 0 Å². The molecular formula is C13H19N3O3S4. The summed E-state index contributed by atoms with van der Waals surface area (Å²) < 4.78 is 25.4. The first-order valence-electron chi connectivity index (χ1n) is 6.89. The number of hydrogen-bond donors (Lipinski definition) is 4. The van der Waals surface area contributed by atoms with Gasteiger partial charge in [0.2, 0.25) is 15.9 Å². The lowest BCUT2D eigenvalue weighted by Crippen LogP contribution is -2.50. The van der Waals surface area contributed by atoms with E-state index >= 15 is 0 Å². The van der Waals surface area contributed by atoms with Crippen LogP contribution in [-0.4, -0.2) is 50.6 Å². The van der Waals surface area contributed by atoms with Crippen LogP contribution in [0.15, 0.2) is 20.8 Å². The van der Waals surface area contributed by atoms with E-state index in [9.17, 15) is 13.2 Å². The van der Waals surface area contributed by atoms with Gasteiger partial charge < -0.3 is 10.6 Å². The van der Waals surface area contributed by atoms with Crippen molar-refractivity contribution >= 4 is 59.5 Å². The second kappa shape index (κ2) is 7.14. The predicted octanol–water partition coefficient (Wildman–Crippen LogP) is 0.798. The van der Waals surface area contributed by atoms with E-state index in [-0.39, 0.29) is 13.1 Å². The fourth-order valence-electron chi connectivity index (χ4n) is 2.52. The molecule has 6 nitrogen and oxygen atoms in total. The SMILES string of the molecule is Cc1cc(S)c(S)c(N2CCN(S(=O)(=O)CC(N)=O)CC2)c1S. The van der Waals surface area contributed by atoms with E-state index < -0.39 is 21.7 Å². The number of carbonyl (C=O) groups excluding carboxylic acids is 1. The highest BCUT2D eigenvalue weighted by atomic mass is 32.2. The van der Waals surface area contributed by atoms with Crippen LogP contribution in [0, 0.1) is 6.92 Å². The Balaban J connectivity index is 2.19. The topological polar surface area (TPSA) is 83.7 Å². The summed E-state index contributed by atoms with van der Waals surface area (Å²) in [4.78, 5) is 15.2. The average Bonchev–Trinajstić information content (AvgIpc) is 2.45. The minimum atomic E-state index is -3.65. The number of nitrogens with zero attached hydrogens (tertiary/aromatic N) is 2. The molecule has 23 heavy (non-hydrogen) atoms. The number of aryl methyl sites for hydroxylation is 1. The highest BCUT2D eigenvalue weighted by molar-refractivity contribution is 7.89. The summed E-state index contributed by atoms with van der Waals surface area (Å²) in [5.41, 5.74) is 6.83. The monoisotopic (exact) mass is 393 g/mol. The third-order valence-electron chi connectivity index (χ3n) is 3.69. The fourth-order valence-corrected chi connectivity index (χ4v) is 4.81. The first-order valence-corrected chi connectivity index (χ1v) is 9.84. The number of carbonyl (C=O) groups is 1. The highest BCUT2D eigenvalue weighted by Gasteiger charge is 2.29. The molecule has 1 amide bonds. The van der Waals surface area contributed by atoms with E-state index in [2.05, 4.69) is 37.9 Å². The molecule has 2 rings (SSSR count). The van der Waals surface area contributed by atoms with Crippen LogP contribution in [0.25, 0.3) is 0 Å². The first-order chi connectivity index (χ1) is 10.6. The summed E-state index contributed by atoms with van der Waals surface area (Å²) in [5.74, 6) is -1.51. The second-order valence-electron chi connectivity index (χ2n) is 5.37. The maximum atomic E-state index is 12.0. The van der Waals surface area contributed by atoms with Gasteiger partial charge in [-0.3, -0.25) is 4.79 Å². The number of rotatable bonds is 4. The van der Waals surface area contributed by atoms with Crippen LogP contribution >= 0.6 is 37.9 Å². The highest BCUT2D eigenvalue weighted by Crippen LogP contribution is 2.38. The zero-order valence-corrected chi connectivity index (χ0v) is 16.1. The van der Waals surface area contributed by atoms with Gasteiger partial charge in [0.1, 0.15) is 5.75 Å². The van der Waals surface area contributed by atoms with Crippen molar-refractivity contribution in [2.75, 3.05) is 36.8 Å². The molecule has 1 aromatic carbocycles. The number of anilines is 1. The lowest BCUT2D eigenvalue weighted by molar-refractivity contribution is -0.115. The minimum Gasteiger partial charge on any atom is -0.369 e. The molecule has 1 fully saturated rings. The van der Waals surface area contributed by atoms with Crippen LogP contribution in [-0.2, 0) is 14.8 Å². The molecule has 1 aliphatic heterocycles. The van der Waals surface area contributed by atoms with Crippen LogP contribution < -0.4 is 10.6 Å². The molecule has 1 saturated heterocycles. The number of primary amides is 1. The maximum absolute atomic E-state index is 12.0. The summed E-state index contributed by atoms with van der Waals surface area (Å²) in [6.07, 6.45) is 0. The number of sulfonamides is 1. The molecule has 1 aromatic rings. The van der Waals surface area contributed by atoms with Crippen molar-refractivity contribution in [3.05, 3.63) is 11.6 Å². The Hall–Kier alpha value is -0.550. The van der Waals surface area contributed by atoms with Crippen molar-refractivity contribution in [3.8, 4) is 0 Å². The van der Waals surface area contributed by atoms with Gasteiger partial charge in [0.25, 0.3) is 0 Å². The van der Waals surface area contributed by atoms with Crippen molar-refractivity contribution in [2.24, 2.45) is 5.73 Å². The quantitative estimate of drug-likeness (QED) is 0.570. The standard InChI is InChI=1S/C13H19N3O3S4/c1-8-6-9(20)13(22)11(12(8)21)15-2-4-16(5-3-15)23(18,19)7-10(14)17/h6,20-22H,2-5,7H2,1H3,(H2,14,17). The maximum Gasteiger partial charge on any atom is 0.234 e. The lowest BCUT2D eigenvalue weighted by atomic mass is 10.2. The van der Waals surface area contributed by atoms with Gasteiger partial charge in [0, 0.05) is 40.9 Å². The Morgan fingerprint density at radius 2 is 1.74 bits per heavy atom. The van der Waals surface area contributed by atoms with Gasteiger partial charge in [-0.2, -0.15) is 4.31 Å². The molecule has 128 valence electrons. The van der Waals surface area contributed by atoms with Crippen LogP contribution in [0.2, 0.25) is 0 Å². The number of benzene rings is 1. The predicted molar refractivity (Wildman–Crippen MR) is 99.7 cm³/mol. The summed E-state index contributed by atoms with van der Waals surface area (Å²) in [6, 6.07) is 1.89. The Morgan fingerprint density at radius 3 is 2.26 bits per heavy atom. The summed E-state index contributed by atoms with van der Waals surface area (Å²) in [7, 11) is -3.65. The zero-order valence-electron chi connectivity index (χ0n) is 12.6. The van der Waals surface area contributed by atoms with Crippen LogP contribution in [0.4, 0.5) is 5.69 Å². The van der Waals surface area contributed by atoms with Crippen molar-refractivity contribution in [1.82, 2.24) is 4.31 Å². The number of piperazine rings is 1. The van der Waals surface area contributed by atoms with E-state index in [0.717, 1.165) is 25.9 Å². The van der Waals surface area contributed by atoms with Crippen molar-refractivity contribution in [3.63, 3.8) is 0 Å². The molecule has 0 aliphatic carbocycles. The number of nitrogens with two attached hydrogens (primary N) is 1. The molecule has 1 aliphatic rings. The lowest BCUT2D eigenvalue weighted by Gasteiger charge is -2.36. The second-order valence-corrected chi connectivity index (χ2v) is 8.71. The molecule has 10 heteroatoms. The smallest absolute Gasteiger partial charge is 0.234 e. The van der Waals surface area contributed by atoms with E-state index in [1.165, 1.54) is 4.31 Å². The average molecular weight is 394 g/mol. The normalized spacial score (nSPS) is 16.6. The van der Waals surface area contributed by atoms with Gasteiger partial charge in [-0.15, -0.1) is 37.9 Å². The summed E-state index contributed by atoms with van der Waals surface area (Å²) in [5, 5.41) is 0. The molecular weight excluding hydrogens is 374 g/mol. The van der Waals surface area contributed by atoms with Gasteiger partial charge in [0.15, 0.2) is 0 Å². The summed E-state index contributed by atoms with van der Waals surface area (Å²) in [6.45, 7) is 3.47.